The van der Waals surface area contributed by atoms with Gasteiger partial charge in [0.15, 0.2) is 5.58 Å². The summed E-state index contributed by atoms with van der Waals surface area (Å²) < 4.78 is 12.1. The lowest BCUT2D eigenvalue weighted by Gasteiger charge is -2.18. The molecular weight excluding hydrogens is 508 g/mol. The van der Waals surface area contributed by atoms with Crippen LogP contribution >= 0.6 is 0 Å². The molecular formula is C35H22N4O2. The van der Waals surface area contributed by atoms with Gasteiger partial charge in [-0.1, -0.05) is 72.8 Å². The van der Waals surface area contributed by atoms with Gasteiger partial charge in [0.1, 0.15) is 11.1 Å². The number of pyridine rings is 3. The first-order valence-electron chi connectivity index (χ1n) is 13.4. The Balaban J connectivity index is 1.27. The standard InChI is InChI=1S/C35H22N4O2/c1-2-20-36-30(16-1)41-31-17-6-13-27(38-31)26-12-4-9-23-19-18-22-8-3-11-25(33(22)39-34(23)26)24-10-5-14-28-32(24)35-29(40-28)15-7-21-37-35/h1-21,39H. The van der Waals surface area contributed by atoms with Crippen molar-refractivity contribution in [2.45, 2.75) is 0 Å². The number of anilines is 2. The number of benzene rings is 3. The Hall–Kier alpha value is -5.75. The summed E-state index contributed by atoms with van der Waals surface area (Å²) in [5, 5.41) is 4.81. The van der Waals surface area contributed by atoms with Crippen molar-refractivity contribution in [3.8, 4) is 34.1 Å². The molecule has 1 aliphatic rings. The monoisotopic (exact) mass is 530 g/mol. The van der Waals surface area contributed by atoms with E-state index in [2.05, 4.69) is 69.9 Å². The number of hydrogen-bond acceptors (Lipinski definition) is 6. The van der Waals surface area contributed by atoms with Gasteiger partial charge in [0.25, 0.3) is 0 Å². The molecule has 0 amide bonds. The van der Waals surface area contributed by atoms with Crippen molar-refractivity contribution in [1.82, 2.24) is 15.0 Å². The maximum Gasteiger partial charge on any atom is 0.221 e. The van der Waals surface area contributed by atoms with E-state index in [0.29, 0.717) is 11.8 Å². The van der Waals surface area contributed by atoms with E-state index < -0.39 is 0 Å². The Labute approximate surface area is 235 Å². The zero-order valence-electron chi connectivity index (χ0n) is 21.8. The van der Waals surface area contributed by atoms with Gasteiger partial charge in [-0.3, -0.25) is 4.98 Å². The first-order valence-corrected chi connectivity index (χ1v) is 13.4. The van der Waals surface area contributed by atoms with Crippen molar-refractivity contribution >= 4 is 45.6 Å². The molecule has 5 heterocycles. The number of ether oxygens (including phenoxy) is 1. The van der Waals surface area contributed by atoms with Crippen LogP contribution in [0.15, 0.2) is 120 Å². The van der Waals surface area contributed by atoms with E-state index in [1.807, 2.05) is 66.9 Å². The Morgan fingerprint density at radius 1 is 0.561 bits per heavy atom. The average Bonchev–Trinajstić information content (AvgIpc) is 3.29. The fourth-order valence-corrected chi connectivity index (χ4v) is 5.44. The van der Waals surface area contributed by atoms with E-state index in [0.717, 1.165) is 67.0 Å². The van der Waals surface area contributed by atoms with Crippen LogP contribution in [0.1, 0.15) is 11.1 Å². The predicted molar refractivity (Wildman–Crippen MR) is 163 cm³/mol. The van der Waals surface area contributed by atoms with Gasteiger partial charge in [0.2, 0.25) is 11.8 Å². The van der Waals surface area contributed by atoms with Gasteiger partial charge < -0.3 is 14.5 Å². The van der Waals surface area contributed by atoms with E-state index in [1.165, 1.54) is 0 Å². The number of nitrogens with zero attached hydrogens (tertiary/aromatic N) is 3. The minimum atomic E-state index is 0.482. The van der Waals surface area contributed by atoms with Crippen molar-refractivity contribution in [2.75, 3.05) is 5.32 Å². The number of furan rings is 1. The molecule has 0 saturated heterocycles. The fraction of sp³-hybridized carbons (Fsp3) is 0. The lowest BCUT2D eigenvalue weighted by molar-refractivity contribution is 0.445. The quantitative estimate of drug-likeness (QED) is 0.245. The third-order valence-electron chi connectivity index (χ3n) is 7.28. The normalized spacial score (nSPS) is 12.0. The van der Waals surface area contributed by atoms with E-state index in [4.69, 9.17) is 14.1 Å². The van der Waals surface area contributed by atoms with Crippen LogP contribution in [0.2, 0.25) is 0 Å². The third-order valence-corrected chi connectivity index (χ3v) is 7.28. The zero-order valence-corrected chi connectivity index (χ0v) is 21.8. The summed E-state index contributed by atoms with van der Waals surface area (Å²) in [5.74, 6) is 0.981. The molecule has 0 saturated carbocycles. The van der Waals surface area contributed by atoms with Crippen molar-refractivity contribution in [1.29, 1.82) is 0 Å². The molecule has 0 spiro atoms. The van der Waals surface area contributed by atoms with Crippen LogP contribution in [0.25, 0.3) is 56.6 Å². The van der Waals surface area contributed by atoms with Gasteiger partial charge in [-0.25, -0.2) is 9.97 Å². The predicted octanol–water partition coefficient (Wildman–Crippen LogP) is 9.12. The maximum atomic E-state index is 6.15. The first-order chi connectivity index (χ1) is 20.3. The summed E-state index contributed by atoms with van der Waals surface area (Å²) in [6, 6.07) is 33.9. The second kappa shape index (κ2) is 9.47. The van der Waals surface area contributed by atoms with Gasteiger partial charge in [0.05, 0.1) is 22.5 Å². The highest BCUT2D eigenvalue weighted by atomic mass is 16.5. The first kappa shape index (κ1) is 23.2. The Kier molecular flexibility index (Phi) is 5.35. The maximum absolute atomic E-state index is 6.15. The van der Waals surface area contributed by atoms with Crippen LogP contribution in [0.3, 0.4) is 0 Å². The third kappa shape index (κ3) is 4.01. The molecule has 6 heteroatoms. The summed E-state index contributed by atoms with van der Waals surface area (Å²) in [4.78, 5) is 13.8. The molecule has 41 heavy (non-hydrogen) atoms. The van der Waals surface area contributed by atoms with E-state index in [1.54, 1.807) is 6.20 Å². The van der Waals surface area contributed by atoms with Gasteiger partial charge >= 0.3 is 0 Å². The number of hydrogen-bond donors (Lipinski definition) is 1. The fourth-order valence-electron chi connectivity index (χ4n) is 5.44. The highest BCUT2D eigenvalue weighted by molar-refractivity contribution is 6.12. The number of nitrogens with one attached hydrogen (secondary N) is 1. The van der Waals surface area contributed by atoms with Gasteiger partial charge in [-0.15, -0.1) is 0 Å². The van der Waals surface area contributed by atoms with Crippen LogP contribution in [-0.2, 0) is 0 Å². The average molecular weight is 531 g/mol. The minimum Gasteiger partial charge on any atom is -0.454 e. The van der Waals surface area contributed by atoms with Crippen molar-refractivity contribution in [3.63, 3.8) is 0 Å². The molecule has 4 aromatic heterocycles. The molecule has 0 fully saturated rings. The molecule has 1 aliphatic heterocycles. The highest BCUT2D eigenvalue weighted by Gasteiger charge is 2.20. The lowest BCUT2D eigenvalue weighted by Crippen LogP contribution is -2.00. The minimum absolute atomic E-state index is 0.482. The number of aromatic nitrogens is 3. The molecule has 1 N–H and O–H groups in total. The molecule has 0 atom stereocenters. The van der Waals surface area contributed by atoms with Crippen molar-refractivity contribution in [2.24, 2.45) is 0 Å². The highest BCUT2D eigenvalue weighted by Crippen LogP contribution is 2.44. The zero-order chi connectivity index (χ0) is 27.2. The van der Waals surface area contributed by atoms with E-state index >= 15 is 0 Å². The number of rotatable bonds is 4. The summed E-state index contributed by atoms with van der Waals surface area (Å²) in [6.07, 6.45) is 7.80. The van der Waals surface area contributed by atoms with E-state index in [-0.39, 0.29) is 0 Å². The van der Waals surface area contributed by atoms with Crippen LogP contribution in [0.5, 0.6) is 11.8 Å². The SMILES string of the molecule is C1=Cc2cccc(-c3cccc4oc5cccnc5c34)c2Nc2c1cccc2-c1cccc(Oc2ccccn2)n1. The summed E-state index contributed by atoms with van der Waals surface area (Å²) in [7, 11) is 0. The number of fused-ring (bicyclic) bond motifs is 5. The summed E-state index contributed by atoms with van der Waals surface area (Å²) in [6.45, 7) is 0. The molecule has 0 bridgehead atoms. The van der Waals surface area contributed by atoms with Crippen LogP contribution in [-0.4, -0.2) is 15.0 Å². The molecule has 3 aromatic carbocycles. The van der Waals surface area contributed by atoms with Gasteiger partial charge in [-0.2, -0.15) is 0 Å². The number of para-hydroxylation sites is 2. The van der Waals surface area contributed by atoms with Gasteiger partial charge in [0, 0.05) is 35.7 Å². The van der Waals surface area contributed by atoms with Gasteiger partial charge in [-0.05, 0) is 47.0 Å². The smallest absolute Gasteiger partial charge is 0.221 e. The van der Waals surface area contributed by atoms with Crippen molar-refractivity contribution < 1.29 is 9.15 Å². The molecule has 0 radical (unpaired) electrons. The molecule has 7 aromatic rings. The van der Waals surface area contributed by atoms with E-state index in [9.17, 15) is 0 Å². The summed E-state index contributed by atoms with van der Waals surface area (Å²) in [5.41, 5.74) is 10.5. The van der Waals surface area contributed by atoms with Crippen molar-refractivity contribution in [3.05, 3.63) is 127 Å². The molecule has 0 aliphatic carbocycles. The largest absolute Gasteiger partial charge is 0.454 e. The molecule has 194 valence electrons. The van der Waals surface area contributed by atoms with Crippen LogP contribution in [0.4, 0.5) is 11.4 Å². The van der Waals surface area contributed by atoms with Crippen LogP contribution in [0, 0.1) is 0 Å². The topological polar surface area (TPSA) is 73.1 Å². The Morgan fingerprint density at radius 3 is 2.12 bits per heavy atom. The molecule has 6 nitrogen and oxygen atoms in total. The summed E-state index contributed by atoms with van der Waals surface area (Å²) >= 11 is 0. The second-order valence-corrected chi connectivity index (χ2v) is 9.76. The lowest BCUT2D eigenvalue weighted by atomic mass is 9.96. The Bertz CT molecular complexity index is 2120. The second-order valence-electron chi connectivity index (χ2n) is 9.76. The molecule has 0 unspecified atom stereocenters. The molecule has 8 rings (SSSR count). The Morgan fingerprint density at radius 2 is 1.27 bits per heavy atom. The van der Waals surface area contributed by atoms with Crippen LogP contribution < -0.4 is 10.1 Å².